The van der Waals surface area contributed by atoms with Crippen LogP contribution in [0.25, 0.3) is 10.9 Å². The zero-order valence-electron chi connectivity index (χ0n) is 23.1. The number of carboxylic acid groups (broad SMARTS) is 2. The molecule has 4 amide bonds. The fourth-order valence-corrected chi connectivity index (χ4v) is 4.42. The molecule has 0 aliphatic heterocycles. The van der Waals surface area contributed by atoms with Crippen molar-refractivity contribution >= 4 is 46.5 Å². The standard InChI is InChI=1S/C29H34N6O8/c30-19(10-11-25(37)38)26(39)33-22(14-24(31)36)28(41)34-21(12-16-6-2-1-3-7-16)27(40)35-23(29(42)43)13-17-15-32-20-9-5-4-8-18(17)20/h1-9,15,19,21-23,32H,10-14,30H2,(H2,31,36)(H,33,39)(H,34,41)(H,35,40)(H,37,38)(H,42,43). The van der Waals surface area contributed by atoms with Gasteiger partial charge in [0.1, 0.15) is 18.1 Å². The van der Waals surface area contributed by atoms with E-state index in [1.807, 2.05) is 18.2 Å². The van der Waals surface area contributed by atoms with Gasteiger partial charge >= 0.3 is 11.9 Å². The van der Waals surface area contributed by atoms with Crippen LogP contribution in [0.2, 0.25) is 0 Å². The number of nitrogens with one attached hydrogen (secondary N) is 4. The summed E-state index contributed by atoms with van der Waals surface area (Å²) in [4.78, 5) is 77.0. The van der Waals surface area contributed by atoms with E-state index in [0.29, 0.717) is 11.1 Å². The van der Waals surface area contributed by atoms with Crippen LogP contribution in [0.5, 0.6) is 0 Å². The highest BCUT2D eigenvalue weighted by Crippen LogP contribution is 2.19. The van der Waals surface area contributed by atoms with Gasteiger partial charge in [-0.05, 0) is 23.6 Å². The summed E-state index contributed by atoms with van der Waals surface area (Å²) >= 11 is 0. The molecule has 14 nitrogen and oxygen atoms in total. The van der Waals surface area contributed by atoms with E-state index in [1.54, 1.807) is 42.6 Å². The van der Waals surface area contributed by atoms with E-state index in [2.05, 4.69) is 20.9 Å². The number of hydrogen-bond acceptors (Lipinski definition) is 7. The molecular weight excluding hydrogens is 560 g/mol. The largest absolute Gasteiger partial charge is 0.481 e. The number of carbonyl (C=O) groups is 6. The van der Waals surface area contributed by atoms with Gasteiger partial charge in [-0.3, -0.25) is 24.0 Å². The fourth-order valence-electron chi connectivity index (χ4n) is 4.42. The topological polar surface area (TPSA) is 247 Å². The second-order valence-electron chi connectivity index (χ2n) is 9.98. The molecular formula is C29H34N6O8. The molecule has 2 aromatic carbocycles. The third-order valence-corrected chi connectivity index (χ3v) is 6.67. The van der Waals surface area contributed by atoms with Gasteiger partial charge in [-0.25, -0.2) is 4.79 Å². The highest BCUT2D eigenvalue weighted by atomic mass is 16.4. The minimum Gasteiger partial charge on any atom is -0.481 e. The first kappa shape index (κ1) is 32.3. The molecule has 14 heteroatoms. The van der Waals surface area contributed by atoms with Crippen molar-refractivity contribution in [3.63, 3.8) is 0 Å². The number of aromatic nitrogens is 1. The molecule has 4 atom stereocenters. The Morgan fingerprint density at radius 1 is 0.767 bits per heavy atom. The number of hydrogen-bond donors (Lipinski definition) is 8. The van der Waals surface area contributed by atoms with Crippen molar-refractivity contribution in [2.24, 2.45) is 11.5 Å². The van der Waals surface area contributed by atoms with Crippen LogP contribution in [0.15, 0.2) is 60.8 Å². The van der Waals surface area contributed by atoms with E-state index in [4.69, 9.17) is 16.6 Å². The molecule has 3 aromatic rings. The smallest absolute Gasteiger partial charge is 0.326 e. The Labute approximate surface area is 246 Å². The van der Waals surface area contributed by atoms with Gasteiger partial charge in [0.15, 0.2) is 0 Å². The lowest BCUT2D eigenvalue weighted by atomic mass is 10.0. The molecule has 1 heterocycles. The van der Waals surface area contributed by atoms with Crippen LogP contribution >= 0.6 is 0 Å². The number of H-pyrrole nitrogens is 1. The average Bonchev–Trinajstić information content (AvgIpc) is 3.37. The SMILES string of the molecule is NC(=O)CC(NC(=O)C(N)CCC(=O)O)C(=O)NC(Cc1ccccc1)C(=O)NC(Cc1c[nH]c2ccccc12)C(=O)O. The third kappa shape index (κ3) is 9.67. The van der Waals surface area contributed by atoms with Crippen molar-refractivity contribution < 1.29 is 39.0 Å². The van der Waals surface area contributed by atoms with E-state index in [0.717, 1.165) is 10.9 Å². The van der Waals surface area contributed by atoms with E-state index in [9.17, 15) is 33.9 Å². The second kappa shape index (κ2) is 15.1. The molecule has 0 spiro atoms. The first-order valence-corrected chi connectivity index (χ1v) is 13.4. The Morgan fingerprint density at radius 2 is 1.37 bits per heavy atom. The normalized spacial score (nSPS) is 13.7. The number of aromatic amines is 1. The first-order valence-electron chi connectivity index (χ1n) is 13.4. The van der Waals surface area contributed by atoms with Gasteiger partial charge < -0.3 is 42.6 Å². The Kier molecular flexibility index (Phi) is 11.3. The van der Waals surface area contributed by atoms with Crippen LogP contribution in [0.3, 0.4) is 0 Å². The van der Waals surface area contributed by atoms with Crippen molar-refractivity contribution in [3.05, 3.63) is 71.9 Å². The third-order valence-electron chi connectivity index (χ3n) is 6.67. The summed E-state index contributed by atoms with van der Waals surface area (Å²) in [5, 5.41) is 26.8. The quantitative estimate of drug-likeness (QED) is 0.107. The van der Waals surface area contributed by atoms with Crippen LogP contribution in [0.4, 0.5) is 0 Å². The molecule has 3 rings (SSSR count). The molecule has 0 aliphatic carbocycles. The molecule has 0 saturated carbocycles. The number of rotatable bonds is 16. The predicted molar refractivity (Wildman–Crippen MR) is 154 cm³/mol. The van der Waals surface area contributed by atoms with Crippen LogP contribution in [-0.4, -0.2) is 74.9 Å². The van der Waals surface area contributed by atoms with E-state index < -0.39 is 72.6 Å². The summed E-state index contributed by atoms with van der Waals surface area (Å²) in [6.07, 6.45) is 0.302. The second-order valence-corrected chi connectivity index (χ2v) is 9.98. The highest BCUT2D eigenvalue weighted by Gasteiger charge is 2.31. The van der Waals surface area contributed by atoms with Crippen LogP contribution in [-0.2, 0) is 41.6 Å². The first-order chi connectivity index (χ1) is 20.4. The minimum absolute atomic E-state index is 0.0484. The molecule has 0 aliphatic rings. The molecule has 0 fully saturated rings. The number of benzene rings is 2. The maximum Gasteiger partial charge on any atom is 0.326 e. The van der Waals surface area contributed by atoms with Gasteiger partial charge in [0.2, 0.25) is 23.6 Å². The number of primary amides is 1. The summed E-state index contributed by atoms with van der Waals surface area (Å²) in [7, 11) is 0. The summed E-state index contributed by atoms with van der Waals surface area (Å²) in [5.41, 5.74) is 13.1. The molecule has 10 N–H and O–H groups in total. The number of amides is 4. The fraction of sp³-hybridized carbons (Fsp3) is 0.310. The molecule has 0 saturated heterocycles. The summed E-state index contributed by atoms with van der Waals surface area (Å²) in [5.74, 6) is -6.06. The van der Waals surface area contributed by atoms with Crippen molar-refractivity contribution in [1.29, 1.82) is 0 Å². The Morgan fingerprint density at radius 3 is 2.02 bits per heavy atom. The van der Waals surface area contributed by atoms with E-state index in [-0.39, 0.29) is 19.3 Å². The van der Waals surface area contributed by atoms with Gasteiger partial charge in [0, 0.05) is 36.4 Å². The Hall–Kier alpha value is -5.24. The van der Waals surface area contributed by atoms with Crippen LogP contribution in [0, 0.1) is 0 Å². The summed E-state index contributed by atoms with van der Waals surface area (Å²) in [6, 6.07) is 10.4. The molecule has 4 unspecified atom stereocenters. The lowest BCUT2D eigenvalue weighted by molar-refractivity contribution is -0.142. The zero-order valence-corrected chi connectivity index (χ0v) is 23.1. The number of nitrogens with two attached hydrogens (primary N) is 2. The maximum absolute atomic E-state index is 13.5. The Balaban J connectivity index is 1.80. The van der Waals surface area contributed by atoms with Crippen molar-refractivity contribution in [3.8, 4) is 0 Å². The number of carboxylic acids is 2. The zero-order chi connectivity index (χ0) is 31.5. The van der Waals surface area contributed by atoms with Crippen molar-refractivity contribution in [1.82, 2.24) is 20.9 Å². The highest BCUT2D eigenvalue weighted by molar-refractivity contribution is 5.96. The average molecular weight is 595 g/mol. The number of para-hydroxylation sites is 1. The van der Waals surface area contributed by atoms with Gasteiger partial charge in [-0.1, -0.05) is 48.5 Å². The lowest BCUT2D eigenvalue weighted by Gasteiger charge is -2.25. The molecule has 43 heavy (non-hydrogen) atoms. The Bertz CT molecular complexity index is 1470. The molecule has 1 aromatic heterocycles. The number of aliphatic carboxylic acids is 2. The molecule has 0 radical (unpaired) electrons. The van der Waals surface area contributed by atoms with Crippen LogP contribution in [0.1, 0.15) is 30.4 Å². The van der Waals surface area contributed by atoms with Crippen LogP contribution < -0.4 is 27.4 Å². The van der Waals surface area contributed by atoms with Crippen molar-refractivity contribution in [2.75, 3.05) is 0 Å². The monoisotopic (exact) mass is 594 g/mol. The van der Waals surface area contributed by atoms with Gasteiger partial charge in [0.05, 0.1) is 12.5 Å². The minimum atomic E-state index is -1.53. The van der Waals surface area contributed by atoms with Gasteiger partial charge in [0.25, 0.3) is 0 Å². The summed E-state index contributed by atoms with van der Waals surface area (Å²) < 4.78 is 0. The number of fused-ring (bicyclic) bond motifs is 1. The van der Waals surface area contributed by atoms with E-state index in [1.165, 1.54) is 0 Å². The maximum atomic E-state index is 13.5. The molecule has 228 valence electrons. The lowest BCUT2D eigenvalue weighted by Crippen LogP contribution is -2.58. The number of carbonyl (C=O) groups excluding carboxylic acids is 4. The molecule has 0 bridgehead atoms. The van der Waals surface area contributed by atoms with Crippen molar-refractivity contribution in [2.45, 2.75) is 56.3 Å². The van der Waals surface area contributed by atoms with E-state index >= 15 is 0 Å². The predicted octanol–water partition coefficient (Wildman–Crippen LogP) is -0.440. The van der Waals surface area contributed by atoms with Gasteiger partial charge in [-0.2, -0.15) is 0 Å². The summed E-state index contributed by atoms with van der Waals surface area (Å²) in [6.45, 7) is 0. The van der Waals surface area contributed by atoms with Gasteiger partial charge in [-0.15, -0.1) is 0 Å².